The molecule has 2 saturated carbocycles. The van der Waals surface area contributed by atoms with Gasteiger partial charge < -0.3 is 25.4 Å². The number of fused-ring (bicyclic) bond motifs is 2. The first-order chi connectivity index (χ1) is 12.8. The number of pyridine rings is 1. The fraction of sp³-hybridized carbons (Fsp3) is 0.611. The van der Waals surface area contributed by atoms with Gasteiger partial charge in [0.15, 0.2) is 5.65 Å². The lowest BCUT2D eigenvalue weighted by molar-refractivity contribution is -0.132. The van der Waals surface area contributed by atoms with E-state index < -0.39 is 23.7 Å². The highest BCUT2D eigenvalue weighted by molar-refractivity contribution is 6.30. The van der Waals surface area contributed by atoms with Crippen molar-refractivity contribution in [3.63, 3.8) is 0 Å². The summed E-state index contributed by atoms with van der Waals surface area (Å²) in [7, 11) is 1.54. The standard InChI is InChI=1S/C18H24ClN5O3/c1-8(2)6-21-10-4-11(19)23-16-12(10)22-7-24(16)13-9-5-18(9,17(27)20-3)15(26)14(13)25/h4,7-9,13-15,25-26H,5-6H2,1-3H3,(H,20,27)(H,21,23)/t9-,13-,14+,15+,18-/m1/s1. The molecular weight excluding hydrogens is 370 g/mol. The zero-order chi connectivity index (χ0) is 19.5. The lowest BCUT2D eigenvalue weighted by atomic mass is 9.98. The Balaban J connectivity index is 1.74. The normalized spacial score (nSPS) is 32.0. The van der Waals surface area contributed by atoms with Gasteiger partial charge in [-0.15, -0.1) is 0 Å². The molecule has 2 aliphatic rings. The maximum atomic E-state index is 12.3. The molecule has 0 bridgehead atoms. The molecule has 0 aromatic carbocycles. The second-order valence-corrected chi connectivity index (χ2v) is 8.33. The molecule has 0 saturated heterocycles. The lowest BCUT2D eigenvalue weighted by Crippen LogP contribution is -2.41. The number of aliphatic hydroxyl groups excluding tert-OH is 2. The van der Waals surface area contributed by atoms with Crippen LogP contribution in [0.25, 0.3) is 11.2 Å². The Morgan fingerprint density at radius 1 is 1.48 bits per heavy atom. The SMILES string of the molecule is CNC(=O)[C@]12C[C@@H]1[C@@H](n1cnc3c(NCC(C)C)cc(Cl)nc31)[C@H](O)[C@@H]2O. The Kier molecular flexibility index (Phi) is 4.32. The number of aromatic nitrogens is 3. The van der Waals surface area contributed by atoms with Crippen molar-refractivity contribution in [2.45, 2.75) is 38.5 Å². The molecule has 2 aromatic rings. The summed E-state index contributed by atoms with van der Waals surface area (Å²) in [5, 5.41) is 27.5. The predicted octanol–water partition coefficient (Wildman–Crippen LogP) is 1.18. The van der Waals surface area contributed by atoms with Gasteiger partial charge in [0, 0.05) is 25.6 Å². The zero-order valence-electron chi connectivity index (χ0n) is 15.5. The number of nitrogens with zero attached hydrogens (tertiary/aromatic N) is 3. The van der Waals surface area contributed by atoms with Crippen LogP contribution in [0.15, 0.2) is 12.4 Å². The highest BCUT2D eigenvalue weighted by Crippen LogP contribution is 2.67. The summed E-state index contributed by atoms with van der Waals surface area (Å²) in [5.41, 5.74) is 1.02. The summed E-state index contributed by atoms with van der Waals surface area (Å²) >= 11 is 6.22. The fourth-order valence-electron chi connectivity index (χ4n) is 4.43. The first-order valence-electron chi connectivity index (χ1n) is 9.16. The van der Waals surface area contributed by atoms with Crippen molar-refractivity contribution in [1.82, 2.24) is 19.9 Å². The Bertz CT molecular complexity index is 900. The highest BCUT2D eigenvalue weighted by Gasteiger charge is 2.75. The van der Waals surface area contributed by atoms with E-state index in [1.165, 1.54) is 0 Å². The quantitative estimate of drug-likeness (QED) is 0.567. The minimum Gasteiger partial charge on any atom is -0.389 e. The number of halogens is 1. The minimum atomic E-state index is -1.12. The average Bonchev–Trinajstić information content (AvgIpc) is 3.17. The molecule has 2 fully saturated rings. The van der Waals surface area contributed by atoms with Gasteiger partial charge in [0.05, 0.1) is 29.6 Å². The number of carbonyl (C=O) groups is 1. The Morgan fingerprint density at radius 2 is 2.22 bits per heavy atom. The molecule has 0 aliphatic heterocycles. The van der Waals surface area contributed by atoms with Gasteiger partial charge in [0.1, 0.15) is 16.8 Å². The maximum absolute atomic E-state index is 12.3. The number of imidazole rings is 1. The van der Waals surface area contributed by atoms with Crippen molar-refractivity contribution in [1.29, 1.82) is 0 Å². The predicted molar refractivity (Wildman–Crippen MR) is 102 cm³/mol. The Morgan fingerprint density at radius 3 is 2.89 bits per heavy atom. The van der Waals surface area contributed by atoms with Crippen molar-refractivity contribution in [2.75, 3.05) is 18.9 Å². The van der Waals surface area contributed by atoms with E-state index in [1.54, 1.807) is 24.0 Å². The average molecular weight is 394 g/mol. The van der Waals surface area contributed by atoms with E-state index in [0.29, 0.717) is 28.7 Å². The van der Waals surface area contributed by atoms with Crippen LogP contribution in [0.1, 0.15) is 26.3 Å². The van der Waals surface area contributed by atoms with Crippen LogP contribution in [-0.4, -0.2) is 56.5 Å². The molecule has 0 unspecified atom stereocenters. The van der Waals surface area contributed by atoms with Crippen molar-refractivity contribution in [3.8, 4) is 0 Å². The smallest absolute Gasteiger partial charge is 0.229 e. The van der Waals surface area contributed by atoms with E-state index in [9.17, 15) is 15.0 Å². The number of rotatable bonds is 5. The molecule has 27 heavy (non-hydrogen) atoms. The minimum absolute atomic E-state index is 0.173. The van der Waals surface area contributed by atoms with Crippen LogP contribution in [0.4, 0.5) is 5.69 Å². The van der Waals surface area contributed by atoms with E-state index in [2.05, 4.69) is 34.4 Å². The summed E-state index contributed by atoms with van der Waals surface area (Å²) in [6, 6.07) is 1.25. The van der Waals surface area contributed by atoms with Crippen LogP contribution in [0, 0.1) is 17.3 Å². The summed E-state index contributed by atoms with van der Waals surface area (Å²) in [6.07, 6.45) is -0.0734. The third-order valence-electron chi connectivity index (χ3n) is 5.84. The molecule has 2 aliphatic carbocycles. The summed E-state index contributed by atoms with van der Waals surface area (Å²) in [4.78, 5) is 21.2. The topological polar surface area (TPSA) is 112 Å². The number of aliphatic hydroxyl groups is 2. The van der Waals surface area contributed by atoms with Crippen LogP contribution in [-0.2, 0) is 4.79 Å². The summed E-state index contributed by atoms with van der Waals surface area (Å²) < 4.78 is 1.75. The molecule has 0 radical (unpaired) electrons. The van der Waals surface area contributed by atoms with Gasteiger partial charge in [0.25, 0.3) is 0 Å². The Labute approximate surface area is 161 Å². The van der Waals surface area contributed by atoms with Gasteiger partial charge in [-0.1, -0.05) is 25.4 Å². The third kappa shape index (κ3) is 2.61. The molecule has 1 amide bonds. The van der Waals surface area contributed by atoms with Gasteiger partial charge in [0.2, 0.25) is 5.91 Å². The monoisotopic (exact) mass is 393 g/mol. The summed E-state index contributed by atoms with van der Waals surface area (Å²) in [5.74, 6) is 0.0319. The molecule has 4 N–H and O–H groups in total. The number of hydrogen-bond donors (Lipinski definition) is 4. The van der Waals surface area contributed by atoms with Crippen molar-refractivity contribution in [2.24, 2.45) is 17.3 Å². The third-order valence-corrected chi connectivity index (χ3v) is 6.04. The zero-order valence-corrected chi connectivity index (χ0v) is 16.2. The van der Waals surface area contributed by atoms with Crippen LogP contribution < -0.4 is 10.6 Å². The van der Waals surface area contributed by atoms with Crippen LogP contribution in [0.3, 0.4) is 0 Å². The molecule has 146 valence electrons. The maximum Gasteiger partial charge on any atom is 0.229 e. The number of hydrogen-bond acceptors (Lipinski definition) is 6. The molecule has 2 heterocycles. The van der Waals surface area contributed by atoms with Gasteiger partial charge in [-0.2, -0.15) is 0 Å². The first-order valence-corrected chi connectivity index (χ1v) is 9.54. The molecule has 8 nitrogen and oxygen atoms in total. The lowest BCUT2D eigenvalue weighted by Gasteiger charge is -2.23. The molecule has 0 spiro atoms. The second-order valence-electron chi connectivity index (χ2n) is 7.95. The molecule has 4 rings (SSSR count). The van der Waals surface area contributed by atoms with Crippen LogP contribution in [0.2, 0.25) is 5.15 Å². The van der Waals surface area contributed by atoms with E-state index in [-0.39, 0.29) is 11.8 Å². The number of amides is 1. The Hall–Kier alpha value is -1.90. The highest BCUT2D eigenvalue weighted by atomic mass is 35.5. The van der Waals surface area contributed by atoms with Gasteiger partial charge >= 0.3 is 0 Å². The van der Waals surface area contributed by atoms with Gasteiger partial charge in [-0.05, 0) is 12.3 Å². The van der Waals surface area contributed by atoms with Crippen molar-refractivity contribution < 1.29 is 15.0 Å². The molecular formula is C18H24ClN5O3. The number of anilines is 1. The van der Waals surface area contributed by atoms with Gasteiger partial charge in [-0.3, -0.25) is 4.79 Å². The van der Waals surface area contributed by atoms with Crippen molar-refractivity contribution >= 4 is 34.4 Å². The van der Waals surface area contributed by atoms with E-state index in [0.717, 1.165) is 12.2 Å². The second kappa shape index (κ2) is 6.32. The number of carbonyl (C=O) groups excluding carboxylic acids is 1. The van der Waals surface area contributed by atoms with E-state index >= 15 is 0 Å². The van der Waals surface area contributed by atoms with E-state index in [1.807, 2.05) is 0 Å². The van der Waals surface area contributed by atoms with E-state index in [4.69, 9.17) is 11.6 Å². The molecule has 2 aromatic heterocycles. The number of nitrogens with one attached hydrogen (secondary N) is 2. The fourth-order valence-corrected chi connectivity index (χ4v) is 4.62. The van der Waals surface area contributed by atoms with Gasteiger partial charge in [-0.25, -0.2) is 9.97 Å². The first kappa shape index (κ1) is 18.5. The molecule has 9 heteroatoms. The molecule has 5 atom stereocenters. The largest absolute Gasteiger partial charge is 0.389 e. The van der Waals surface area contributed by atoms with Crippen LogP contribution in [0.5, 0.6) is 0 Å². The van der Waals surface area contributed by atoms with Crippen LogP contribution >= 0.6 is 11.6 Å². The summed E-state index contributed by atoms with van der Waals surface area (Å²) in [6.45, 7) is 4.97. The van der Waals surface area contributed by atoms with Crippen molar-refractivity contribution in [3.05, 3.63) is 17.5 Å².